The Hall–Kier alpha value is -3.99. The first kappa shape index (κ1) is 24.0. The number of guanidine groups is 1. The molecule has 0 saturated heterocycles. The number of benzene rings is 2. The van der Waals surface area contributed by atoms with E-state index in [1.807, 2.05) is 0 Å². The molecule has 1 unspecified atom stereocenters. The minimum absolute atomic E-state index is 0.0488. The van der Waals surface area contributed by atoms with Gasteiger partial charge in [-0.2, -0.15) is 0 Å². The summed E-state index contributed by atoms with van der Waals surface area (Å²) in [5.41, 5.74) is 20.3. The highest BCUT2D eigenvalue weighted by molar-refractivity contribution is 6.15. The molecule has 0 spiro atoms. The van der Waals surface area contributed by atoms with Crippen LogP contribution in [0.2, 0.25) is 0 Å². The Morgan fingerprint density at radius 1 is 1.07 bits per heavy atom. The summed E-state index contributed by atoms with van der Waals surface area (Å²) in [5.74, 6) is -2.08. The van der Waals surface area contributed by atoms with E-state index in [0.717, 1.165) is 0 Å². The number of Topliss-reactive ketones (excluding diaryl/α,β-unsaturated/α-hetero) is 1. The lowest BCUT2D eigenvalue weighted by Gasteiger charge is -2.22. The number of carboxylic acid groups (broad SMARTS) is 1. The molecule has 0 aromatic heterocycles. The molecule has 0 heterocycles. The summed E-state index contributed by atoms with van der Waals surface area (Å²) >= 11 is 0. The summed E-state index contributed by atoms with van der Waals surface area (Å²) in [6.07, 6.45) is 0.242. The third-order valence-electron chi connectivity index (χ3n) is 3.95. The Bertz CT molecular complexity index is 897. The van der Waals surface area contributed by atoms with E-state index in [2.05, 4.69) is 4.99 Å². The lowest BCUT2D eigenvalue weighted by Crippen LogP contribution is -2.55. The summed E-state index contributed by atoms with van der Waals surface area (Å²) in [7, 11) is 0. The molecular formula is C19H24N6O5. The van der Waals surface area contributed by atoms with Crippen LogP contribution in [0.15, 0.2) is 59.6 Å². The fourth-order valence-corrected chi connectivity index (χ4v) is 2.33. The number of aliphatic imine (C=N–C) groups is 1. The van der Waals surface area contributed by atoms with Crippen molar-refractivity contribution in [2.75, 3.05) is 12.3 Å². The molecule has 0 amide bonds. The molecular weight excluding hydrogens is 392 g/mol. The number of carbonyl (C=O) groups excluding carboxylic acids is 1. The number of nitrogens with two attached hydrogens (primary N) is 4. The second-order valence-electron chi connectivity index (χ2n) is 6.23. The van der Waals surface area contributed by atoms with E-state index in [1.54, 1.807) is 18.2 Å². The highest BCUT2D eigenvalue weighted by atomic mass is 16.6. The Balaban J connectivity index is 0.000000375. The molecule has 2 rings (SSSR count). The maximum Gasteiger partial charge on any atom is 0.331 e. The summed E-state index contributed by atoms with van der Waals surface area (Å²) in [4.78, 5) is 36.9. The van der Waals surface area contributed by atoms with Crippen molar-refractivity contribution in [3.63, 3.8) is 0 Å². The number of nitro groups is 1. The number of nitro benzene ring substituents is 1. The maximum atomic E-state index is 12.2. The second-order valence-corrected chi connectivity index (χ2v) is 6.23. The van der Waals surface area contributed by atoms with Gasteiger partial charge in [-0.1, -0.05) is 30.3 Å². The monoisotopic (exact) mass is 416 g/mol. The van der Waals surface area contributed by atoms with Crippen molar-refractivity contribution < 1.29 is 19.6 Å². The number of ketones is 1. The van der Waals surface area contributed by atoms with E-state index in [4.69, 9.17) is 22.9 Å². The van der Waals surface area contributed by atoms with Gasteiger partial charge in [-0.15, -0.1) is 0 Å². The van der Waals surface area contributed by atoms with Gasteiger partial charge < -0.3 is 28.0 Å². The molecule has 0 fully saturated rings. The van der Waals surface area contributed by atoms with Crippen molar-refractivity contribution in [3.05, 3.63) is 70.3 Å². The second kappa shape index (κ2) is 11.1. The zero-order valence-corrected chi connectivity index (χ0v) is 16.1. The van der Waals surface area contributed by atoms with Crippen LogP contribution in [0.5, 0.6) is 0 Å². The molecule has 0 radical (unpaired) electrons. The van der Waals surface area contributed by atoms with E-state index in [0.29, 0.717) is 12.1 Å². The van der Waals surface area contributed by atoms with Crippen molar-refractivity contribution in [1.29, 1.82) is 0 Å². The van der Waals surface area contributed by atoms with Crippen LogP contribution in [0, 0.1) is 10.1 Å². The molecule has 0 aliphatic carbocycles. The summed E-state index contributed by atoms with van der Waals surface area (Å²) in [5, 5.41) is 19.3. The topological polar surface area (TPSA) is 214 Å². The zero-order valence-electron chi connectivity index (χ0n) is 16.1. The number of anilines is 1. The number of rotatable bonds is 8. The third kappa shape index (κ3) is 7.20. The molecule has 1 atom stereocenters. The molecule has 30 heavy (non-hydrogen) atoms. The van der Waals surface area contributed by atoms with Crippen LogP contribution in [0.25, 0.3) is 0 Å². The number of non-ortho nitro benzene ring substituents is 1. The van der Waals surface area contributed by atoms with Gasteiger partial charge in [0, 0.05) is 29.9 Å². The molecule has 11 nitrogen and oxygen atoms in total. The average Bonchev–Trinajstić information content (AvgIpc) is 2.71. The first-order valence-corrected chi connectivity index (χ1v) is 8.75. The van der Waals surface area contributed by atoms with Crippen molar-refractivity contribution in [3.8, 4) is 0 Å². The molecule has 11 heteroatoms. The zero-order chi connectivity index (χ0) is 22.7. The highest BCUT2D eigenvalue weighted by Gasteiger charge is 2.41. The highest BCUT2D eigenvalue weighted by Crippen LogP contribution is 2.18. The predicted octanol–water partition coefficient (Wildman–Crippen LogP) is 0.882. The van der Waals surface area contributed by atoms with E-state index < -0.39 is 22.2 Å². The lowest BCUT2D eigenvalue weighted by atomic mass is 9.86. The molecule has 0 aliphatic rings. The quantitative estimate of drug-likeness (QED) is 0.0602. The summed E-state index contributed by atoms with van der Waals surface area (Å²) in [6, 6.07) is 13.8. The van der Waals surface area contributed by atoms with Gasteiger partial charge in [0.05, 0.1) is 4.92 Å². The molecule has 0 bridgehead atoms. The SMILES string of the molecule is NC(N)=NCCCC(N)(C(=O)O)C(=O)c1ccccc1.Nc1ccc([N+](=O)[O-])cc1. The van der Waals surface area contributed by atoms with Gasteiger partial charge >= 0.3 is 5.97 Å². The number of hydrogen-bond acceptors (Lipinski definition) is 7. The summed E-state index contributed by atoms with van der Waals surface area (Å²) < 4.78 is 0. The fraction of sp³-hybridized carbons (Fsp3) is 0.211. The fourth-order valence-electron chi connectivity index (χ4n) is 2.33. The molecule has 2 aromatic carbocycles. The average molecular weight is 416 g/mol. The van der Waals surface area contributed by atoms with E-state index in [1.165, 1.54) is 36.4 Å². The van der Waals surface area contributed by atoms with E-state index >= 15 is 0 Å². The minimum atomic E-state index is -1.97. The Labute approximate surface area is 172 Å². The molecule has 0 aliphatic heterocycles. The smallest absolute Gasteiger partial charge is 0.331 e. The summed E-state index contributed by atoms with van der Waals surface area (Å²) in [6.45, 7) is 0.219. The largest absolute Gasteiger partial charge is 0.480 e. The van der Waals surface area contributed by atoms with Crippen LogP contribution >= 0.6 is 0 Å². The van der Waals surface area contributed by atoms with Crippen molar-refractivity contribution in [1.82, 2.24) is 0 Å². The lowest BCUT2D eigenvalue weighted by molar-refractivity contribution is -0.384. The standard InChI is InChI=1S/C13H18N4O3.C6H6N2O2/c14-12(15)17-8-4-7-13(16,11(19)20)10(18)9-5-2-1-3-6-9;7-5-1-3-6(4-2-5)8(9)10/h1-3,5-6H,4,7-8,16H2,(H,19,20)(H4,14,15,17);1-4H,7H2. The van der Waals surface area contributed by atoms with Crippen LogP contribution in [0.1, 0.15) is 23.2 Å². The Morgan fingerprint density at radius 3 is 2.10 bits per heavy atom. The first-order chi connectivity index (χ1) is 14.1. The van der Waals surface area contributed by atoms with Gasteiger partial charge in [-0.05, 0) is 25.0 Å². The number of carboxylic acids is 1. The number of nitrogens with zero attached hydrogens (tertiary/aromatic N) is 2. The number of carbonyl (C=O) groups is 2. The van der Waals surface area contributed by atoms with E-state index in [-0.39, 0.29) is 30.2 Å². The van der Waals surface area contributed by atoms with Gasteiger partial charge in [-0.25, -0.2) is 4.79 Å². The minimum Gasteiger partial charge on any atom is -0.480 e. The van der Waals surface area contributed by atoms with Gasteiger partial charge in [0.1, 0.15) is 0 Å². The van der Waals surface area contributed by atoms with Gasteiger partial charge in [0.2, 0.25) is 0 Å². The van der Waals surface area contributed by atoms with Crippen molar-refractivity contribution in [2.45, 2.75) is 18.4 Å². The first-order valence-electron chi connectivity index (χ1n) is 8.75. The molecule has 9 N–H and O–H groups in total. The van der Waals surface area contributed by atoms with Crippen LogP contribution in [0.3, 0.4) is 0 Å². The molecule has 160 valence electrons. The van der Waals surface area contributed by atoms with Gasteiger partial charge in [0.25, 0.3) is 5.69 Å². The van der Waals surface area contributed by atoms with E-state index in [9.17, 15) is 24.8 Å². The van der Waals surface area contributed by atoms with Gasteiger partial charge in [0.15, 0.2) is 17.3 Å². The van der Waals surface area contributed by atoms with Crippen LogP contribution in [-0.4, -0.2) is 39.8 Å². The molecule has 0 saturated carbocycles. The van der Waals surface area contributed by atoms with Crippen LogP contribution in [0.4, 0.5) is 11.4 Å². The van der Waals surface area contributed by atoms with Crippen molar-refractivity contribution >= 4 is 29.1 Å². The number of hydrogen-bond donors (Lipinski definition) is 5. The van der Waals surface area contributed by atoms with Crippen LogP contribution in [-0.2, 0) is 4.79 Å². The Kier molecular flexibility index (Phi) is 8.91. The third-order valence-corrected chi connectivity index (χ3v) is 3.95. The number of aliphatic carboxylic acids is 1. The Morgan fingerprint density at radius 2 is 1.63 bits per heavy atom. The number of nitrogen functional groups attached to an aromatic ring is 1. The normalized spacial score (nSPS) is 11.9. The predicted molar refractivity (Wildman–Crippen MR) is 113 cm³/mol. The van der Waals surface area contributed by atoms with Crippen molar-refractivity contribution in [2.24, 2.45) is 22.2 Å². The van der Waals surface area contributed by atoms with Gasteiger partial charge in [-0.3, -0.25) is 19.9 Å². The molecule has 2 aromatic rings. The van der Waals surface area contributed by atoms with Crippen LogP contribution < -0.4 is 22.9 Å². The maximum absolute atomic E-state index is 12.2.